The normalized spacial score (nSPS) is 11.2. The highest BCUT2D eigenvalue weighted by Gasteiger charge is 2.35. The molecule has 0 atom stereocenters. The number of hydrogen-bond acceptors (Lipinski definition) is 5. The van der Waals surface area contributed by atoms with Gasteiger partial charge in [-0.1, -0.05) is 23.2 Å². The first-order valence-electron chi connectivity index (χ1n) is 7.81. The topological polar surface area (TPSA) is 78.9 Å². The van der Waals surface area contributed by atoms with E-state index in [0.717, 1.165) is 0 Å². The molecule has 0 spiro atoms. The van der Waals surface area contributed by atoms with Gasteiger partial charge < -0.3 is 16.0 Å². The summed E-state index contributed by atoms with van der Waals surface area (Å²) in [7, 11) is 0. The van der Waals surface area contributed by atoms with E-state index in [1.165, 1.54) is 19.1 Å². The van der Waals surface area contributed by atoms with Crippen LogP contribution in [0.25, 0.3) is 0 Å². The summed E-state index contributed by atoms with van der Waals surface area (Å²) in [5.41, 5.74) is -0.512. The highest BCUT2D eigenvalue weighted by molar-refractivity contribution is 6.42. The Kier molecular flexibility index (Phi) is 7.09. The van der Waals surface area contributed by atoms with Gasteiger partial charge >= 0.3 is 6.18 Å². The molecule has 0 aliphatic rings. The number of nitrogens with one attached hydrogen (secondary N) is 3. The van der Waals surface area contributed by atoms with Gasteiger partial charge in [0.1, 0.15) is 11.4 Å². The van der Waals surface area contributed by atoms with Gasteiger partial charge in [-0.15, -0.1) is 0 Å². The molecule has 0 saturated carbocycles. The lowest BCUT2D eigenvalue weighted by Gasteiger charge is -2.15. The van der Waals surface area contributed by atoms with Crippen LogP contribution in [0.4, 0.5) is 30.6 Å². The van der Waals surface area contributed by atoms with Crippen LogP contribution in [0.3, 0.4) is 0 Å². The van der Waals surface area contributed by atoms with Crippen LogP contribution in [0.5, 0.6) is 0 Å². The molecule has 1 aromatic heterocycles. The fourth-order valence-corrected chi connectivity index (χ4v) is 2.34. The number of aromatic nitrogens is 2. The largest absolute Gasteiger partial charge is 0.421 e. The summed E-state index contributed by atoms with van der Waals surface area (Å²) in [4.78, 5) is 18.4. The van der Waals surface area contributed by atoms with Crippen molar-refractivity contribution < 1.29 is 18.0 Å². The Hall–Kier alpha value is -2.26. The van der Waals surface area contributed by atoms with E-state index in [1.54, 1.807) is 6.07 Å². The molecule has 2 aromatic rings. The third-order valence-corrected chi connectivity index (χ3v) is 4.03. The van der Waals surface area contributed by atoms with Crippen molar-refractivity contribution in [3.8, 4) is 0 Å². The summed E-state index contributed by atoms with van der Waals surface area (Å²) in [5, 5.41) is 8.60. The van der Waals surface area contributed by atoms with Gasteiger partial charge in [0.25, 0.3) is 0 Å². The second kappa shape index (κ2) is 9.09. The summed E-state index contributed by atoms with van der Waals surface area (Å²) < 4.78 is 39.5. The number of rotatable bonds is 7. The average Bonchev–Trinajstić information content (AvgIpc) is 2.57. The molecule has 0 fully saturated rings. The third kappa shape index (κ3) is 6.44. The lowest BCUT2D eigenvalue weighted by atomic mass is 10.3. The molecule has 3 N–H and O–H groups in total. The van der Waals surface area contributed by atoms with Crippen LogP contribution in [0.1, 0.15) is 18.9 Å². The minimum atomic E-state index is -4.61. The van der Waals surface area contributed by atoms with Crippen LogP contribution < -0.4 is 16.0 Å². The molecule has 11 heteroatoms. The zero-order chi connectivity index (χ0) is 20.0. The molecule has 0 bridgehead atoms. The van der Waals surface area contributed by atoms with Crippen LogP contribution in [-0.4, -0.2) is 29.0 Å². The first kappa shape index (κ1) is 21.0. The highest BCUT2D eigenvalue weighted by atomic mass is 35.5. The maximum atomic E-state index is 13.2. The summed E-state index contributed by atoms with van der Waals surface area (Å²) in [5.74, 6) is -0.602. The van der Waals surface area contributed by atoms with Gasteiger partial charge in [-0.25, -0.2) is 4.98 Å². The number of amides is 1. The monoisotopic (exact) mass is 421 g/mol. The first-order valence-corrected chi connectivity index (χ1v) is 8.57. The number of carbonyl (C=O) groups excluding carboxylic acids is 1. The van der Waals surface area contributed by atoms with Crippen molar-refractivity contribution in [1.82, 2.24) is 15.3 Å². The summed E-state index contributed by atoms with van der Waals surface area (Å²) >= 11 is 11.7. The molecule has 2 rings (SSSR count). The molecule has 0 saturated heterocycles. The zero-order valence-electron chi connectivity index (χ0n) is 14.1. The molecule has 0 radical (unpaired) electrons. The first-order chi connectivity index (χ1) is 12.7. The molecular weight excluding hydrogens is 406 g/mol. The van der Waals surface area contributed by atoms with E-state index in [4.69, 9.17) is 23.2 Å². The average molecular weight is 422 g/mol. The van der Waals surface area contributed by atoms with Crippen molar-refractivity contribution >= 4 is 46.6 Å². The Morgan fingerprint density at radius 3 is 2.56 bits per heavy atom. The minimum absolute atomic E-state index is 0.0363. The quantitative estimate of drug-likeness (QED) is 0.574. The van der Waals surface area contributed by atoms with Gasteiger partial charge in [-0.05, 0) is 24.6 Å². The van der Waals surface area contributed by atoms with E-state index in [2.05, 4.69) is 25.9 Å². The molecule has 6 nitrogen and oxygen atoms in total. The Bertz CT molecular complexity index is 817. The molecule has 0 aliphatic heterocycles. The van der Waals surface area contributed by atoms with E-state index >= 15 is 0 Å². The van der Waals surface area contributed by atoms with Crippen molar-refractivity contribution in [3.63, 3.8) is 0 Å². The Morgan fingerprint density at radius 2 is 1.93 bits per heavy atom. The Labute approximate surface area is 163 Å². The van der Waals surface area contributed by atoms with Crippen molar-refractivity contribution in [2.45, 2.75) is 19.5 Å². The highest BCUT2D eigenvalue weighted by Crippen LogP contribution is 2.34. The van der Waals surface area contributed by atoms with Crippen molar-refractivity contribution in [1.29, 1.82) is 0 Å². The fraction of sp³-hybridized carbons (Fsp3) is 0.312. The summed E-state index contributed by atoms with van der Waals surface area (Å²) in [6.07, 6.45) is -3.48. The third-order valence-electron chi connectivity index (χ3n) is 3.29. The van der Waals surface area contributed by atoms with Gasteiger partial charge in [0.2, 0.25) is 11.9 Å². The number of benzene rings is 1. The predicted octanol–water partition coefficient (Wildman–Crippen LogP) is 4.48. The molecule has 1 aromatic carbocycles. The smallest absolute Gasteiger partial charge is 0.369 e. The Morgan fingerprint density at radius 1 is 1.19 bits per heavy atom. The van der Waals surface area contributed by atoms with Gasteiger partial charge in [-0.2, -0.15) is 18.2 Å². The standard InChI is InChI=1S/C16H16Cl2F3N5O/c1-9(27)22-5-2-6-23-14-11(16(19,20)21)8-24-15(26-14)25-10-3-4-12(17)13(18)7-10/h3-4,7-8H,2,5-6H2,1H3,(H,22,27)(H2,23,24,25,26). The predicted molar refractivity (Wildman–Crippen MR) is 98.6 cm³/mol. The SMILES string of the molecule is CC(=O)NCCCNc1nc(Nc2ccc(Cl)c(Cl)c2)ncc1C(F)(F)F. The maximum Gasteiger partial charge on any atom is 0.421 e. The fourth-order valence-electron chi connectivity index (χ4n) is 2.05. The molecule has 1 heterocycles. The number of hydrogen-bond donors (Lipinski definition) is 3. The molecule has 1 amide bonds. The van der Waals surface area contributed by atoms with Crippen LogP contribution in [0.2, 0.25) is 10.0 Å². The van der Waals surface area contributed by atoms with E-state index in [1.807, 2.05) is 0 Å². The Balaban J connectivity index is 2.14. The molecular formula is C16H16Cl2F3N5O. The van der Waals surface area contributed by atoms with Crippen LogP contribution >= 0.6 is 23.2 Å². The number of halogens is 5. The lowest BCUT2D eigenvalue weighted by Crippen LogP contribution is -2.23. The molecule has 27 heavy (non-hydrogen) atoms. The maximum absolute atomic E-state index is 13.2. The van der Waals surface area contributed by atoms with Gasteiger partial charge in [0, 0.05) is 31.9 Å². The molecule has 146 valence electrons. The van der Waals surface area contributed by atoms with Crippen molar-refractivity contribution in [3.05, 3.63) is 40.0 Å². The van der Waals surface area contributed by atoms with E-state index in [9.17, 15) is 18.0 Å². The lowest BCUT2D eigenvalue weighted by molar-refractivity contribution is -0.137. The van der Waals surface area contributed by atoms with Crippen LogP contribution in [0.15, 0.2) is 24.4 Å². The van der Waals surface area contributed by atoms with E-state index in [-0.39, 0.29) is 29.2 Å². The number of carbonyl (C=O) groups is 1. The number of nitrogens with zero attached hydrogens (tertiary/aromatic N) is 2. The number of anilines is 3. The van der Waals surface area contributed by atoms with Crippen LogP contribution in [-0.2, 0) is 11.0 Å². The molecule has 0 aliphatic carbocycles. The number of alkyl halides is 3. The van der Waals surface area contributed by atoms with Crippen molar-refractivity contribution in [2.24, 2.45) is 0 Å². The van der Waals surface area contributed by atoms with E-state index in [0.29, 0.717) is 29.9 Å². The van der Waals surface area contributed by atoms with Gasteiger partial charge in [-0.3, -0.25) is 4.79 Å². The van der Waals surface area contributed by atoms with Crippen LogP contribution in [0, 0.1) is 0 Å². The molecule has 0 unspecified atom stereocenters. The van der Waals surface area contributed by atoms with Crippen molar-refractivity contribution in [2.75, 3.05) is 23.7 Å². The second-order valence-electron chi connectivity index (χ2n) is 5.47. The zero-order valence-corrected chi connectivity index (χ0v) is 15.6. The van der Waals surface area contributed by atoms with Gasteiger partial charge in [0.05, 0.1) is 10.0 Å². The summed E-state index contributed by atoms with van der Waals surface area (Å²) in [6.45, 7) is 1.89. The van der Waals surface area contributed by atoms with E-state index < -0.39 is 11.7 Å². The minimum Gasteiger partial charge on any atom is -0.369 e. The van der Waals surface area contributed by atoms with Gasteiger partial charge in [0.15, 0.2) is 0 Å². The summed E-state index contributed by atoms with van der Waals surface area (Å²) in [6, 6.07) is 4.64. The second-order valence-corrected chi connectivity index (χ2v) is 6.29.